The third-order valence-electron chi connectivity index (χ3n) is 5.17. The molecule has 0 radical (unpaired) electrons. The van der Waals surface area contributed by atoms with E-state index < -0.39 is 11.8 Å². The molecule has 3 rings (SSSR count). The summed E-state index contributed by atoms with van der Waals surface area (Å²) in [6, 6.07) is 17.0. The highest BCUT2D eigenvalue weighted by Crippen LogP contribution is 2.32. The number of benzene rings is 2. The van der Waals surface area contributed by atoms with Crippen LogP contribution >= 0.6 is 0 Å². The second-order valence-electron chi connectivity index (χ2n) is 7.24. The van der Waals surface area contributed by atoms with Gasteiger partial charge in [-0.2, -0.15) is 5.26 Å². The van der Waals surface area contributed by atoms with Gasteiger partial charge in [-0.3, -0.25) is 14.5 Å². The molecule has 1 heterocycles. The summed E-state index contributed by atoms with van der Waals surface area (Å²) in [7, 11) is 0. The van der Waals surface area contributed by atoms with Gasteiger partial charge < -0.3 is 9.47 Å². The van der Waals surface area contributed by atoms with Crippen LogP contribution in [0.15, 0.2) is 65.3 Å². The lowest BCUT2D eigenvalue weighted by molar-refractivity contribution is -0.140. The molecule has 0 saturated heterocycles. The van der Waals surface area contributed by atoms with Gasteiger partial charge >= 0.3 is 0 Å². The van der Waals surface area contributed by atoms with Crippen LogP contribution in [0, 0.1) is 11.3 Å². The summed E-state index contributed by atoms with van der Waals surface area (Å²) in [5, 5.41) is 9.58. The SMILES string of the molecule is CCOc1ccc(/C=C2/C(=O)N(CCc3ccccc3)C(=O)C(C#N)=C2C)cc1OCC. The average molecular weight is 431 g/mol. The van der Waals surface area contributed by atoms with E-state index in [0.717, 1.165) is 10.5 Å². The predicted molar refractivity (Wildman–Crippen MR) is 122 cm³/mol. The maximum atomic E-state index is 13.3. The Labute approximate surface area is 188 Å². The van der Waals surface area contributed by atoms with E-state index in [0.29, 0.717) is 47.8 Å². The average Bonchev–Trinajstić information content (AvgIpc) is 2.79. The number of hydrogen-bond acceptors (Lipinski definition) is 5. The summed E-state index contributed by atoms with van der Waals surface area (Å²) in [6.45, 7) is 6.58. The van der Waals surface area contributed by atoms with Gasteiger partial charge in [-0.05, 0) is 62.1 Å². The Morgan fingerprint density at radius 2 is 1.66 bits per heavy atom. The van der Waals surface area contributed by atoms with Gasteiger partial charge in [0, 0.05) is 12.1 Å². The number of rotatable bonds is 8. The Hall–Kier alpha value is -3.85. The van der Waals surface area contributed by atoms with Crippen molar-refractivity contribution in [1.82, 2.24) is 4.90 Å². The molecule has 0 aliphatic carbocycles. The van der Waals surface area contributed by atoms with Crippen molar-refractivity contribution in [2.75, 3.05) is 19.8 Å². The quantitative estimate of drug-likeness (QED) is 0.460. The van der Waals surface area contributed by atoms with E-state index in [-0.39, 0.29) is 12.1 Å². The van der Waals surface area contributed by atoms with Crippen molar-refractivity contribution in [3.63, 3.8) is 0 Å². The summed E-state index contributed by atoms with van der Waals surface area (Å²) in [5.41, 5.74) is 2.41. The van der Waals surface area contributed by atoms with E-state index in [1.54, 1.807) is 25.1 Å². The van der Waals surface area contributed by atoms with E-state index in [1.807, 2.05) is 56.3 Å². The molecule has 0 unspecified atom stereocenters. The third kappa shape index (κ3) is 4.89. The number of carbonyl (C=O) groups excluding carboxylic acids is 2. The molecule has 32 heavy (non-hydrogen) atoms. The van der Waals surface area contributed by atoms with Crippen molar-refractivity contribution in [2.24, 2.45) is 0 Å². The van der Waals surface area contributed by atoms with Crippen molar-refractivity contribution in [1.29, 1.82) is 5.26 Å². The lowest BCUT2D eigenvalue weighted by atomic mass is 9.93. The van der Waals surface area contributed by atoms with E-state index in [2.05, 4.69) is 0 Å². The molecule has 0 atom stereocenters. The number of amides is 2. The highest BCUT2D eigenvalue weighted by molar-refractivity contribution is 6.19. The van der Waals surface area contributed by atoms with Gasteiger partial charge in [0.05, 0.1) is 13.2 Å². The zero-order chi connectivity index (χ0) is 23.1. The Morgan fingerprint density at radius 3 is 2.31 bits per heavy atom. The first-order valence-electron chi connectivity index (χ1n) is 10.6. The smallest absolute Gasteiger partial charge is 0.271 e. The van der Waals surface area contributed by atoms with Crippen LogP contribution in [-0.2, 0) is 16.0 Å². The molecule has 6 heteroatoms. The highest BCUT2D eigenvalue weighted by atomic mass is 16.5. The van der Waals surface area contributed by atoms with Gasteiger partial charge in [0.25, 0.3) is 11.8 Å². The highest BCUT2D eigenvalue weighted by Gasteiger charge is 2.35. The zero-order valence-electron chi connectivity index (χ0n) is 18.6. The molecule has 1 aliphatic heterocycles. The normalized spacial score (nSPS) is 15.2. The van der Waals surface area contributed by atoms with Crippen LogP contribution in [0.5, 0.6) is 11.5 Å². The zero-order valence-corrected chi connectivity index (χ0v) is 18.6. The molecule has 164 valence electrons. The number of imide groups is 1. The first kappa shape index (κ1) is 22.8. The van der Waals surface area contributed by atoms with Crippen molar-refractivity contribution in [3.05, 3.63) is 76.4 Å². The molecular formula is C26H26N2O4. The minimum absolute atomic E-state index is 0.0140. The summed E-state index contributed by atoms with van der Waals surface area (Å²) >= 11 is 0. The molecule has 1 aliphatic rings. The largest absolute Gasteiger partial charge is 0.490 e. The van der Waals surface area contributed by atoms with Crippen LogP contribution in [-0.4, -0.2) is 36.5 Å². The van der Waals surface area contributed by atoms with Crippen LogP contribution in [0.25, 0.3) is 6.08 Å². The Bertz CT molecular complexity index is 1110. The van der Waals surface area contributed by atoms with Gasteiger partial charge in [-0.15, -0.1) is 0 Å². The first-order chi connectivity index (χ1) is 15.5. The standard InChI is InChI=1S/C26H26N2O4/c1-4-31-23-12-11-20(16-24(23)32-5-2)15-21-18(3)22(17-27)26(30)28(25(21)29)14-13-19-9-7-6-8-10-19/h6-12,15-16H,4-5,13-14H2,1-3H3/b21-15+. The molecule has 2 amide bonds. The fourth-order valence-electron chi connectivity index (χ4n) is 3.54. The van der Waals surface area contributed by atoms with Gasteiger partial charge in [0.2, 0.25) is 0 Å². The first-order valence-corrected chi connectivity index (χ1v) is 10.6. The Balaban J connectivity index is 1.97. The Kier molecular flexibility index (Phi) is 7.45. The molecule has 2 aromatic carbocycles. The van der Waals surface area contributed by atoms with Gasteiger partial charge in [0.15, 0.2) is 11.5 Å². The van der Waals surface area contributed by atoms with Crippen molar-refractivity contribution in [2.45, 2.75) is 27.2 Å². The fraction of sp³-hybridized carbons (Fsp3) is 0.269. The number of carbonyl (C=O) groups is 2. The third-order valence-corrected chi connectivity index (χ3v) is 5.17. The maximum Gasteiger partial charge on any atom is 0.271 e. The second-order valence-corrected chi connectivity index (χ2v) is 7.24. The molecule has 0 bridgehead atoms. The predicted octanol–water partition coefficient (Wildman–Crippen LogP) is 4.32. The lowest BCUT2D eigenvalue weighted by Gasteiger charge is -2.27. The van der Waals surface area contributed by atoms with Crippen molar-refractivity contribution in [3.8, 4) is 17.6 Å². The number of ether oxygens (including phenoxy) is 2. The summed E-state index contributed by atoms with van der Waals surface area (Å²) in [6.07, 6.45) is 2.20. The number of hydrogen-bond donors (Lipinski definition) is 0. The van der Waals surface area contributed by atoms with Crippen LogP contribution in [0.4, 0.5) is 0 Å². The Morgan fingerprint density at radius 1 is 0.969 bits per heavy atom. The monoisotopic (exact) mass is 430 g/mol. The molecule has 0 saturated carbocycles. The number of nitriles is 1. The van der Waals surface area contributed by atoms with E-state index in [9.17, 15) is 14.9 Å². The van der Waals surface area contributed by atoms with E-state index in [1.165, 1.54) is 0 Å². The fourth-order valence-corrected chi connectivity index (χ4v) is 3.54. The molecule has 2 aromatic rings. The minimum atomic E-state index is -0.551. The number of nitrogens with zero attached hydrogens (tertiary/aromatic N) is 2. The molecule has 0 spiro atoms. The minimum Gasteiger partial charge on any atom is -0.490 e. The molecule has 6 nitrogen and oxygen atoms in total. The molecule has 0 aromatic heterocycles. The summed E-state index contributed by atoms with van der Waals surface area (Å²) in [5.74, 6) is 0.237. The summed E-state index contributed by atoms with van der Waals surface area (Å²) < 4.78 is 11.3. The topological polar surface area (TPSA) is 79.6 Å². The molecular weight excluding hydrogens is 404 g/mol. The van der Waals surface area contributed by atoms with E-state index in [4.69, 9.17) is 9.47 Å². The van der Waals surface area contributed by atoms with E-state index >= 15 is 0 Å². The van der Waals surface area contributed by atoms with Crippen molar-refractivity contribution >= 4 is 17.9 Å². The van der Waals surface area contributed by atoms with Crippen molar-refractivity contribution < 1.29 is 19.1 Å². The van der Waals surface area contributed by atoms with Crippen LogP contribution < -0.4 is 9.47 Å². The summed E-state index contributed by atoms with van der Waals surface area (Å²) in [4.78, 5) is 27.2. The maximum absolute atomic E-state index is 13.3. The lowest BCUT2D eigenvalue weighted by Crippen LogP contribution is -2.43. The molecule has 0 fully saturated rings. The van der Waals surface area contributed by atoms with Gasteiger partial charge in [0.1, 0.15) is 11.6 Å². The van der Waals surface area contributed by atoms with Gasteiger partial charge in [-0.25, -0.2) is 0 Å². The van der Waals surface area contributed by atoms with Gasteiger partial charge in [-0.1, -0.05) is 36.4 Å². The van der Waals surface area contributed by atoms with Crippen LogP contribution in [0.3, 0.4) is 0 Å². The van der Waals surface area contributed by atoms with Crippen LogP contribution in [0.1, 0.15) is 31.9 Å². The molecule has 0 N–H and O–H groups in total. The van der Waals surface area contributed by atoms with Crippen LogP contribution in [0.2, 0.25) is 0 Å². The second kappa shape index (κ2) is 10.5.